The van der Waals surface area contributed by atoms with Crippen molar-refractivity contribution >= 4 is 34.6 Å². The summed E-state index contributed by atoms with van der Waals surface area (Å²) in [5.74, 6) is 0.941. The summed E-state index contributed by atoms with van der Waals surface area (Å²) in [5, 5.41) is 9.69. The van der Waals surface area contributed by atoms with Crippen molar-refractivity contribution in [2.75, 3.05) is 11.9 Å². The number of para-hydroxylation sites is 1. The Balaban J connectivity index is 1.56. The van der Waals surface area contributed by atoms with E-state index in [2.05, 4.69) is 29.0 Å². The maximum atomic E-state index is 13.1. The number of ether oxygens (including phenoxy) is 1. The molecule has 0 saturated carbocycles. The van der Waals surface area contributed by atoms with Gasteiger partial charge in [-0.15, -0.1) is 5.10 Å². The first kappa shape index (κ1) is 21.1. The van der Waals surface area contributed by atoms with Gasteiger partial charge < -0.3 is 15.0 Å². The van der Waals surface area contributed by atoms with Gasteiger partial charge in [-0.05, 0) is 18.6 Å². The number of aromatic nitrogens is 4. The van der Waals surface area contributed by atoms with Gasteiger partial charge in [0, 0.05) is 34.1 Å². The van der Waals surface area contributed by atoms with Crippen LogP contribution in [0.4, 0.5) is 5.95 Å². The fraction of sp³-hybridized carbons (Fsp3) is 0.160. The predicted molar refractivity (Wildman–Crippen MR) is 130 cm³/mol. The molecular formula is C25H23N5O2S. The predicted octanol–water partition coefficient (Wildman–Crippen LogP) is 5.07. The van der Waals surface area contributed by atoms with Crippen LogP contribution >= 0.6 is 11.8 Å². The number of benzene rings is 2. The van der Waals surface area contributed by atoms with Crippen molar-refractivity contribution in [3.63, 3.8) is 0 Å². The van der Waals surface area contributed by atoms with Crippen LogP contribution in [0.15, 0.2) is 89.9 Å². The Morgan fingerprint density at radius 2 is 2.00 bits per heavy atom. The second kappa shape index (κ2) is 8.99. The summed E-state index contributed by atoms with van der Waals surface area (Å²) in [7, 11) is 0. The van der Waals surface area contributed by atoms with Gasteiger partial charge in [0.25, 0.3) is 0 Å². The Morgan fingerprint density at radius 1 is 1.21 bits per heavy atom. The van der Waals surface area contributed by atoms with Gasteiger partial charge in [-0.2, -0.15) is 4.98 Å². The summed E-state index contributed by atoms with van der Waals surface area (Å²) < 4.78 is 7.22. The zero-order valence-corrected chi connectivity index (χ0v) is 18.9. The van der Waals surface area contributed by atoms with Crippen LogP contribution in [-0.4, -0.2) is 32.3 Å². The molecule has 1 atom stereocenters. The van der Waals surface area contributed by atoms with Crippen LogP contribution in [0.3, 0.4) is 0 Å². The van der Waals surface area contributed by atoms with Crippen molar-refractivity contribution in [1.29, 1.82) is 0 Å². The number of hydrogen-bond donors (Lipinski definition) is 2. The van der Waals surface area contributed by atoms with E-state index < -0.39 is 12.0 Å². The van der Waals surface area contributed by atoms with E-state index in [0.717, 1.165) is 22.2 Å². The minimum Gasteiger partial charge on any atom is -0.458 e. The molecule has 0 saturated heterocycles. The van der Waals surface area contributed by atoms with Crippen molar-refractivity contribution in [3.8, 4) is 0 Å². The molecule has 33 heavy (non-hydrogen) atoms. The largest absolute Gasteiger partial charge is 0.458 e. The highest BCUT2D eigenvalue weighted by atomic mass is 32.2. The van der Waals surface area contributed by atoms with Crippen molar-refractivity contribution in [2.45, 2.75) is 23.9 Å². The van der Waals surface area contributed by atoms with Gasteiger partial charge in [0.15, 0.2) is 0 Å². The third kappa shape index (κ3) is 4.05. The molecule has 0 amide bonds. The molecule has 8 heteroatoms. The summed E-state index contributed by atoms with van der Waals surface area (Å²) in [5.41, 5.74) is 4.31. The van der Waals surface area contributed by atoms with Gasteiger partial charge in [-0.3, -0.25) is 0 Å². The third-order valence-corrected chi connectivity index (χ3v) is 6.42. The molecule has 2 N–H and O–H groups in total. The fourth-order valence-electron chi connectivity index (χ4n) is 4.00. The molecule has 7 nitrogen and oxygen atoms in total. The first-order chi connectivity index (χ1) is 16.2. The lowest BCUT2D eigenvalue weighted by Crippen LogP contribution is -2.29. The number of thioether (sulfide) groups is 1. The van der Waals surface area contributed by atoms with E-state index >= 15 is 0 Å². The Morgan fingerprint density at radius 3 is 2.82 bits per heavy atom. The van der Waals surface area contributed by atoms with Crippen molar-refractivity contribution < 1.29 is 9.53 Å². The number of nitrogens with zero attached hydrogens (tertiary/aromatic N) is 3. The summed E-state index contributed by atoms with van der Waals surface area (Å²) in [6, 6.07) is 17.7. The van der Waals surface area contributed by atoms with Crippen LogP contribution in [0.25, 0.3) is 10.9 Å². The van der Waals surface area contributed by atoms with Crippen LogP contribution < -0.4 is 5.32 Å². The molecule has 0 spiro atoms. The highest BCUT2D eigenvalue weighted by molar-refractivity contribution is 7.98. The molecule has 4 aromatic rings. The number of allylic oxidation sites excluding steroid dienone is 1. The standard InChI is InChI=1S/C25H23N5O2S/c1-3-13-32-23(31)21-16(2)27-24-28-25(33-15-17-9-5-4-6-10-17)29-30(24)22(21)19-14-26-20-12-8-7-11-18(19)20/h3-12,14,22,26H,1,13,15H2,2H3,(H,27,28,29). The van der Waals surface area contributed by atoms with E-state index in [1.807, 2.05) is 55.6 Å². The lowest BCUT2D eigenvalue weighted by Gasteiger charge is -2.27. The number of carbonyl (C=O) groups excluding carboxylic acids is 1. The molecule has 166 valence electrons. The normalized spacial score (nSPS) is 15.2. The molecule has 2 aromatic carbocycles. The summed E-state index contributed by atoms with van der Waals surface area (Å²) in [6.45, 7) is 5.65. The Labute approximate surface area is 195 Å². The first-order valence-electron chi connectivity index (χ1n) is 10.6. The topological polar surface area (TPSA) is 84.8 Å². The van der Waals surface area contributed by atoms with Crippen LogP contribution in [0.5, 0.6) is 0 Å². The average molecular weight is 458 g/mol. The van der Waals surface area contributed by atoms with E-state index in [1.54, 1.807) is 22.5 Å². The maximum absolute atomic E-state index is 13.1. The summed E-state index contributed by atoms with van der Waals surface area (Å²) >= 11 is 1.56. The molecule has 0 aliphatic carbocycles. The van der Waals surface area contributed by atoms with E-state index in [9.17, 15) is 4.79 Å². The van der Waals surface area contributed by atoms with Gasteiger partial charge in [0.1, 0.15) is 12.6 Å². The van der Waals surface area contributed by atoms with E-state index in [-0.39, 0.29) is 6.61 Å². The number of aromatic amines is 1. The van der Waals surface area contributed by atoms with Gasteiger partial charge in [0.2, 0.25) is 11.1 Å². The number of H-pyrrole nitrogens is 1. The van der Waals surface area contributed by atoms with E-state index in [1.165, 1.54) is 5.56 Å². The fourth-order valence-corrected chi connectivity index (χ4v) is 4.78. The first-order valence-corrected chi connectivity index (χ1v) is 11.6. The average Bonchev–Trinajstić information content (AvgIpc) is 3.45. The number of nitrogens with one attached hydrogen (secondary N) is 2. The second-order valence-corrected chi connectivity index (χ2v) is 8.62. The molecule has 0 radical (unpaired) electrons. The summed E-state index contributed by atoms with van der Waals surface area (Å²) in [6.07, 6.45) is 3.49. The second-order valence-electron chi connectivity index (χ2n) is 7.68. The molecular weight excluding hydrogens is 434 g/mol. The molecule has 1 aliphatic heterocycles. The zero-order valence-electron chi connectivity index (χ0n) is 18.1. The maximum Gasteiger partial charge on any atom is 0.338 e. The summed E-state index contributed by atoms with van der Waals surface area (Å²) in [4.78, 5) is 21.1. The van der Waals surface area contributed by atoms with Crippen molar-refractivity contribution in [3.05, 3.63) is 95.8 Å². The van der Waals surface area contributed by atoms with Crippen LogP contribution in [0.1, 0.15) is 24.1 Å². The lowest BCUT2D eigenvalue weighted by molar-refractivity contribution is -0.138. The number of fused-ring (bicyclic) bond motifs is 2. The SMILES string of the molecule is C=CCOC(=O)C1=C(C)Nc2nc(SCc3ccccc3)nn2C1c1c[nH]c2ccccc12. The van der Waals surface area contributed by atoms with E-state index in [0.29, 0.717) is 22.4 Å². The Hall–Kier alpha value is -3.78. The van der Waals surface area contributed by atoms with Crippen LogP contribution in [0.2, 0.25) is 0 Å². The smallest absolute Gasteiger partial charge is 0.338 e. The number of rotatable bonds is 7. The molecule has 1 aliphatic rings. The minimum absolute atomic E-state index is 0.138. The highest BCUT2D eigenvalue weighted by Gasteiger charge is 2.36. The van der Waals surface area contributed by atoms with Crippen molar-refractivity contribution in [1.82, 2.24) is 19.7 Å². The zero-order chi connectivity index (χ0) is 22.8. The minimum atomic E-state index is -0.478. The van der Waals surface area contributed by atoms with Gasteiger partial charge in [0.05, 0.1) is 5.57 Å². The molecule has 2 aromatic heterocycles. The van der Waals surface area contributed by atoms with Gasteiger partial charge in [-0.25, -0.2) is 9.48 Å². The lowest BCUT2D eigenvalue weighted by atomic mass is 9.95. The van der Waals surface area contributed by atoms with Gasteiger partial charge in [-0.1, -0.05) is 72.9 Å². The van der Waals surface area contributed by atoms with Crippen molar-refractivity contribution in [2.24, 2.45) is 0 Å². The van der Waals surface area contributed by atoms with Crippen LogP contribution in [-0.2, 0) is 15.3 Å². The molecule has 3 heterocycles. The van der Waals surface area contributed by atoms with Crippen LogP contribution in [0, 0.1) is 0 Å². The molecule has 5 rings (SSSR count). The number of hydrogen-bond acceptors (Lipinski definition) is 6. The molecule has 0 fully saturated rings. The van der Waals surface area contributed by atoms with Gasteiger partial charge >= 0.3 is 5.97 Å². The third-order valence-electron chi connectivity index (χ3n) is 5.51. The quantitative estimate of drug-likeness (QED) is 0.229. The Kier molecular flexibility index (Phi) is 5.75. The molecule has 1 unspecified atom stereocenters. The number of esters is 1. The number of anilines is 1. The highest BCUT2D eigenvalue weighted by Crippen LogP contribution is 2.39. The number of carbonyl (C=O) groups is 1. The Bertz CT molecular complexity index is 1360. The van der Waals surface area contributed by atoms with E-state index in [4.69, 9.17) is 14.8 Å². The monoisotopic (exact) mass is 457 g/mol. The molecule has 0 bridgehead atoms.